The highest BCUT2D eigenvalue weighted by Gasteiger charge is 2.09. The molecule has 4 nitrogen and oxygen atoms in total. The van der Waals surface area contributed by atoms with Gasteiger partial charge in [-0.05, 0) is 17.4 Å². The highest BCUT2D eigenvalue weighted by molar-refractivity contribution is 6.58. The van der Waals surface area contributed by atoms with Gasteiger partial charge in [0.15, 0.2) is 0 Å². The van der Waals surface area contributed by atoms with Crippen LogP contribution in [0.4, 0.5) is 0 Å². The molecule has 0 bridgehead atoms. The highest BCUT2D eigenvalue weighted by atomic mass is 16.4. The maximum Gasteiger partial charge on any atom is 0.488 e. The van der Waals surface area contributed by atoms with E-state index in [9.17, 15) is 4.79 Å². The average molecular weight is 207 g/mol. The van der Waals surface area contributed by atoms with E-state index in [1.807, 2.05) is 12.1 Å². The van der Waals surface area contributed by atoms with E-state index in [0.29, 0.717) is 12.0 Å². The van der Waals surface area contributed by atoms with E-state index in [-0.39, 0.29) is 5.91 Å². The Labute approximate surface area is 89.1 Å². The third-order valence-electron chi connectivity index (χ3n) is 2.07. The fourth-order valence-electron chi connectivity index (χ4n) is 1.24. The van der Waals surface area contributed by atoms with E-state index in [4.69, 9.17) is 10.0 Å². The summed E-state index contributed by atoms with van der Waals surface area (Å²) in [6, 6.07) is 6.95. The summed E-state index contributed by atoms with van der Waals surface area (Å²) in [4.78, 5) is 10.6. The van der Waals surface area contributed by atoms with Crippen molar-refractivity contribution in [2.45, 2.75) is 13.3 Å². The van der Waals surface area contributed by atoms with Gasteiger partial charge in [0.05, 0.1) is 0 Å². The van der Waals surface area contributed by atoms with Gasteiger partial charge in [0.2, 0.25) is 5.91 Å². The molecular formula is C10H14BNO3. The van der Waals surface area contributed by atoms with E-state index in [1.165, 1.54) is 6.92 Å². The van der Waals surface area contributed by atoms with Crippen LogP contribution in [0.15, 0.2) is 24.3 Å². The third kappa shape index (κ3) is 4.14. The highest BCUT2D eigenvalue weighted by Crippen LogP contribution is 1.97. The van der Waals surface area contributed by atoms with E-state index in [2.05, 4.69) is 5.32 Å². The van der Waals surface area contributed by atoms with E-state index >= 15 is 0 Å². The summed E-state index contributed by atoms with van der Waals surface area (Å²) in [5.41, 5.74) is 1.52. The number of nitrogens with one attached hydrogen (secondary N) is 1. The van der Waals surface area contributed by atoms with Crippen LogP contribution in [0.1, 0.15) is 12.5 Å². The first-order chi connectivity index (χ1) is 7.09. The van der Waals surface area contributed by atoms with E-state index in [1.54, 1.807) is 12.1 Å². The van der Waals surface area contributed by atoms with Gasteiger partial charge in [0.25, 0.3) is 0 Å². The van der Waals surface area contributed by atoms with Crippen molar-refractivity contribution >= 4 is 18.5 Å². The summed E-state index contributed by atoms with van der Waals surface area (Å²) < 4.78 is 0. The Balaban J connectivity index is 2.46. The second-order valence-corrected chi connectivity index (χ2v) is 3.35. The summed E-state index contributed by atoms with van der Waals surface area (Å²) in [5, 5.41) is 20.4. The van der Waals surface area contributed by atoms with Gasteiger partial charge in [-0.2, -0.15) is 0 Å². The molecule has 1 aromatic rings. The van der Waals surface area contributed by atoms with E-state index in [0.717, 1.165) is 12.0 Å². The molecule has 0 spiro atoms. The Kier molecular flexibility index (Phi) is 4.33. The molecule has 0 saturated carbocycles. The Morgan fingerprint density at radius 3 is 2.40 bits per heavy atom. The minimum absolute atomic E-state index is 0.0441. The number of hydrogen-bond acceptors (Lipinski definition) is 3. The van der Waals surface area contributed by atoms with E-state index < -0.39 is 7.12 Å². The van der Waals surface area contributed by atoms with Crippen molar-refractivity contribution in [3.05, 3.63) is 29.8 Å². The van der Waals surface area contributed by atoms with Gasteiger partial charge >= 0.3 is 7.12 Å². The Morgan fingerprint density at radius 1 is 1.33 bits per heavy atom. The predicted molar refractivity (Wildman–Crippen MR) is 58.7 cm³/mol. The molecule has 5 heteroatoms. The van der Waals surface area contributed by atoms with Crippen LogP contribution < -0.4 is 10.8 Å². The molecule has 0 aromatic heterocycles. The number of benzene rings is 1. The lowest BCUT2D eigenvalue weighted by molar-refractivity contribution is -0.118. The topological polar surface area (TPSA) is 69.6 Å². The minimum atomic E-state index is -1.42. The molecule has 0 saturated heterocycles. The summed E-state index contributed by atoms with van der Waals surface area (Å²) in [6.07, 6.45) is 0.737. The molecule has 0 radical (unpaired) electrons. The lowest BCUT2D eigenvalue weighted by Gasteiger charge is -2.04. The molecule has 0 aliphatic rings. The Hall–Kier alpha value is -1.33. The summed E-state index contributed by atoms with van der Waals surface area (Å²) >= 11 is 0. The van der Waals surface area contributed by atoms with Crippen LogP contribution in [0.25, 0.3) is 0 Å². The monoisotopic (exact) mass is 207 g/mol. The van der Waals surface area contributed by atoms with Gasteiger partial charge in [0.1, 0.15) is 0 Å². The summed E-state index contributed by atoms with van der Waals surface area (Å²) in [6.45, 7) is 2.07. The standard InChI is InChI=1S/C10H14BNO3/c1-8(13)12-7-6-9-2-4-10(5-3-9)11(14)15/h2-5,14-15H,6-7H2,1H3,(H,12,13). The molecule has 0 aliphatic heterocycles. The maximum atomic E-state index is 10.6. The molecule has 0 fully saturated rings. The van der Waals surface area contributed by atoms with Crippen LogP contribution in [0.5, 0.6) is 0 Å². The van der Waals surface area contributed by atoms with Gasteiger partial charge < -0.3 is 15.4 Å². The number of amides is 1. The lowest BCUT2D eigenvalue weighted by Crippen LogP contribution is -2.29. The lowest BCUT2D eigenvalue weighted by atomic mass is 9.80. The molecule has 0 heterocycles. The maximum absolute atomic E-state index is 10.6. The molecule has 15 heavy (non-hydrogen) atoms. The number of carbonyl (C=O) groups is 1. The normalized spacial score (nSPS) is 9.80. The summed E-state index contributed by atoms with van der Waals surface area (Å²) in [5.74, 6) is -0.0441. The quantitative estimate of drug-likeness (QED) is 0.557. The first-order valence-corrected chi connectivity index (χ1v) is 4.79. The first kappa shape index (κ1) is 11.7. The SMILES string of the molecule is CC(=O)NCCc1ccc(B(O)O)cc1. The predicted octanol–water partition coefficient (Wildman–Crippen LogP) is -0.955. The minimum Gasteiger partial charge on any atom is -0.423 e. The molecule has 3 N–H and O–H groups in total. The van der Waals surface area contributed by atoms with Crippen molar-refractivity contribution < 1.29 is 14.8 Å². The number of carbonyl (C=O) groups excluding carboxylic acids is 1. The second kappa shape index (κ2) is 5.53. The zero-order chi connectivity index (χ0) is 11.3. The van der Waals surface area contributed by atoms with Crippen LogP contribution >= 0.6 is 0 Å². The van der Waals surface area contributed by atoms with Crippen LogP contribution in [0.2, 0.25) is 0 Å². The zero-order valence-corrected chi connectivity index (χ0v) is 8.60. The largest absolute Gasteiger partial charge is 0.488 e. The molecule has 0 aliphatic carbocycles. The van der Waals surface area contributed by atoms with Crippen molar-refractivity contribution in [2.75, 3.05) is 6.54 Å². The van der Waals surface area contributed by atoms with Crippen LogP contribution in [0.3, 0.4) is 0 Å². The van der Waals surface area contributed by atoms with Crippen molar-refractivity contribution in [3.8, 4) is 0 Å². The fourth-order valence-corrected chi connectivity index (χ4v) is 1.24. The first-order valence-electron chi connectivity index (χ1n) is 4.79. The zero-order valence-electron chi connectivity index (χ0n) is 8.60. The molecular weight excluding hydrogens is 193 g/mol. The fraction of sp³-hybridized carbons (Fsp3) is 0.300. The van der Waals surface area contributed by atoms with Crippen molar-refractivity contribution in [1.82, 2.24) is 5.32 Å². The van der Waals surface area contributed by atoms with Gasteiger partial charge in [-0.25, -0.2) is 0 Å². The molecule has 0 atom stereocenters. The molecule has 1 rings (SSSR count). The molecule has 1 aromatic carbocycles. The Morgan fingerprint density at radius 2 is 1.93 bits per heavy atom. The van der Waals surface area contributed by atoms with Gasteiger partial charge in [-0.15, -0.1) is 0 Å². The Bertz CT molecular complexity index is 324. The third-order valence-corrected chi connectivity index (χ3v) is 2.07. The van der Waals surface area contributed by atoms with Gasteiger partial charge in [-0.3, -0.25) is 4.79 Å². The van der Waals surface area contributed by atoms with Crippen LogP contribution in [0, 0.1) is 0 Å². The molecule has 1 amide bonds. The number of rotatable bonds is 4. The smallest absolute Gasteiger partial charge is 0.423 e. The molecule has 0 unspecified atom stereocenters. The number of hydrogen-bond donors (Lipinski definition) is 3. The summed E-state index contributed by atoms with van der Waals surface area (Å²) in [7, 11) is -1.42. The van der Waals surface area contributed by atoms with Crippen LogP contribution in [-0.4, -0.2) is 29.6 Å². The second-order valence-electron chi connectivity index (χ2n) is 3.35. The van der Waals surface area contributed by atoms with Crippen molar-refractivity contribution in [3.63, 3.8) is 0 Å². The van der Waals surface area contributed by atoms with Gasteiger partial charge in [0, 0.05) is 13.5 Å². The van der Waals surface area contributed by atoms with Crippen molar-refractivity contribution in [2.24, 2.45) is 0 Å². The average Bonchev–Trinajstić information content (AvgIpc) is 2.18. The van der Waals surface area contributed by atoms with Crippen LogP contribution in [-0.2, 0) is 11.2 Å². The van der Waals surface area contributed by atoms with Crippen molar-refractivity contribution in [1.29, 1.82) is 0 Å². The molecule has 80 valence electrons. The van der Waals surface area contributed by atoms with Gasteiger partial charge in [-0.1, -0.05) is 24.3 Å².